The van der Waals surface area contributed by atoms with Gasteiger partial charge in [0.2, 0.25) is 0 Å². The van der Waals surface area contributed by atoms with Gasteiger partial charge >= 0.3 is 18.3 Å². The molecule has 32 heavy (non-hydrogen) atoms. The Morgan fingerprint density at radius 1 is 0.938 bits per heavy atom. The molecule has 0 bridgehead atoms. The van der Waals surface area contributed by atoms with Crippen LogP contribution in [0.15, 0.2) is 42.5 Å². The number of hydrogen-bond donors (Lipinski definition) is 1. The number of methoxy groups -OCH3 is 1. The van der Waals surface area contributed by atoms with Crippen LogP contribution in [-0.4, -0.2) is 25.2 Å². The van der Waals surface area contributed by atoms with Gasteiger partial charge in [0.15, 0.2) is 5.60 Å². The minimum absolute atomic E-state index is 0.131. The summed E-state index contributed by atoms with van der Waals surface area (Å²) in [5.74, 6) is -0.0936. The number of carbonyl (C=O) groups excluding carboxylic acids is 1. The lowest BCUT2D eigenvalue weighted by atomic mass is 10.0. The monoisotopic (exact) mass is 463 g/mol. The Labute approximate surface area is 181 Å². The van der Waals surface area contributed by atoms with Crippen molar-refractivity contribution in [2.24, 2.45) is 0 Å². The Balaban J connectivity index is 1.96. The van der Waals surface area contributed by atoms with Crippen LogP contribution < -0.4 is 10.1 Å². The zero-order chi connectivity index (χ0) is 24.2. The molecule has 0 amide bonds. The average Bonchev–Trinajstić information content (AvgIpc) is 2.70. The second-order valence-electron chi connectivity index (χ2n) is 7.54. The summed E-state index contributed by atoms with van der Waals surface area (Å²) < 4.78 is 88.0. The zero-order valence-electron chi connectivity index (χ0n) is 17.7. The number of alkyl halides is 6. The van der Waals surface area contributed by atoms with Gasteiger partial charge in [-0.25, -0.2) is 4.79 Å². The summed E-state index contributed by atoms with van der Waals surface area (Å²) in [5, 5.41) is 2.82. The summed E-state index contributed by atoms with van der Waals surface area (Å²) in [6, 6.07) is 8.39. The largest absolute Gasteiger partial charge is 0.476 e. The third-order valence-electron chi connectivity index (χ3n) is 4.62. The molecular formula is C22H23F6NO3. The van der Waals surface area contributed by atoms with Crippen LogP contribution in [0.4, 0.5) is 26.3 Å². The summed E-state index contributed by atoms with van der Waals surface area (Å²) in [5.41, 5.74) is -3.24. The molecule has 2 aromatic carbocycles. The van der Waals surface area contributed by atoms with E-state index in [1.165, 1.54) is 7.11 Å². The van der Waals surface area contributed by atoms with E-state index in [9.17, 15) is 31.1 Å². The number of carbonyl (C=O) groups is 1. The van der Waals surface area contributed by atoms with Crippen LogP contribution >= 0.6 is 0 Å². The van der Waals surface area contributed by atoms with Gasteiger partial charge in [0, 0.05) is 6.54 Å². The van der Waals surface area contributed by atoms with E-state index in [0.717, 1.165) is 11.6 Å². The second kappa shape index (κ2) is 9.81. The number of nitrogens with one attached hydrogen (secondary N) is 1. The molecule has 0 spiro atoms. The fourth-order valence-electron chi connectivity index (χ4n) is 2.93. The number of rotatable bonds is 8. The summed E-state index contributed by atoms with van der Waals surface area (Å²) >= 11 is 0. The molecule has 0 aromatic heterocycles. The third kappa shape index (κ3) is 6.88. The van der Waals surface area contributed by atoms with Crippen molar-refractivity contribution in [3.05, 3.63) is 64.7 Å². The lowest BCUT2D eigenvalue weighted by Crippen LogP contribution is -2.39. The first kappa shape index (κ1) is 25.5. The third-order valence-corrected chi connectivity index (χ3v) is 4.62. The van der Waals surface area contributed by atoms with E-state index in [4.69, 9.17) is 4.74 Å². The van der Waals surface area contributed by atoms with Gasteiger partial charge in [-0.1, -0.05) is 18.2 Å². The molecule has 0 radical (unpaired) electrons. The first-order chi connectivity index (χ1) is 14.7. The molecule has 0 heterocycles. The van der Waals surface area contributed by atoms with E-state index in [-0.39, 0.29) is 18.2 Å². The minimum Gasteiger partial charge on any atom is -0.476 e. The number of hydrogen-bond acceptors (Lipinski definition) is 4. The number of esters is 1. The first-order valence-electron chi connectivity index (χ1n) is 9.58. The molecule has 0 fully saturated rings. The Kier molecular flexibility index (Phi) is 7.82. The van der Waals surface area contributed by atoms with Crippen LogP contribution in [0.2, 0.25) is 0 Å². The highest BCUT2D eigenvalue weighted by atomic mass is 19.4. The molecule has 0 saturated carbocycles. The number of halogens is 6. The maximum Gasteiger partial charge on any atom is 0.416 e. The van der Waals surface area contributed by atoms with Crippen LogP contribution in [0, 0.1) is 0 Å². The van der Waals surface area contributed by atoms with Crippen molar-refractivity contribution in [1.82, 2.24) is 5.32 Å². The van der Waals surface area contributed by atoms with Crippen LogP contribution in [0.3, 0.4) is 0 Å². The fraction of sp³-hybridized carbons (Fsp3) is 0.409. The van der Waals surface area contributed by atoms with Crippen LogP contribution in [0.5, 0.6) is 5.75 Å². The van der Waals surface area contributed by atoms with Gasteiger partial charge in [-0.05, 0) is 62.2 Å². The summed E-state index contributed by atoms with van der Waals surface area (Å²) in [6.07, 6.45) is -9.29. The lowest BCUT2D eigenvalue weighted by molar-refractivity contribution is -0.156. The molecule has 0 aliphatic rings. The van der Waals surface area contributed by atoms with Crippen LogP contribution in [0.25, 0.3) is 0 Å². The summed E-state index contributed by atoms with van der Waals surface area (Å²) in [4.78, 5) is 11.7. The van der Waals surface area contributed by atoms with Crippen LogP contribution in [0.1, 0.15) is 36.1 Å². The van der Waals surface area contributed by atoms with Crippen molar-refractivity contribution >= 4 is 5.97 Å². The van der Waals surface area contributed by atoms with E-state index in [0.29, 0.717) is 24.8 Å². The van der Waals surface area contributed by atoms with Gasteiger partial charge < -0.3 is 14.8 Å². The van der Waals surface area contributed by atoms with E-state index in [2.05, 4.69) is 10.1 Å². The molecule has 4 nitrogen and oxygen atoms in total. The number of benzene rings is 2. The van der Waals surface area contributed by atoms with Crippen molar-refractivity contribution in [2.45, 2.75) is 44.8 Å². The van der Waals surface area contributed by atoms with Gasteiger partial charge in [-0.3, -0.25) is 0 Å². The molecule has 0 aliphatic carbocycles. The van der Waals surface area contributed by atoms with Gasteiger partial charge in [-0.2, -0.15) is 26.3 Å². The second-order valence-corrected chi connectivity index (χ2v) is 7.54. The van der Waals surface area contributed by atoms with Crippen molar-refractivity contribution < 1.29 is 40.6 Å². The van der Waals surface area contributed by atoms with E-state index in [1.54, 1.807) is 38.1 Å². The lowest BCUT2D eigenvalue weighted by Gasteiger charge is -2.23. The van der Waals surface area contributed by atoms with Crippen molar-refractivity contribution in [3.8, 4) is 5.75 Å². The normalized spacial score (nSPS) is 12.5. The van der Waals surface area contributed by atoms with Crippen molar-refractivity contribution in [2.75, 3.05) is 13.7 Å². The Morgan fingerprint density at radius 3 is 2.09 bits per heavy atom. The van der Waals surface area contributed by atoms with Crippen molar-refractivity contribution in [1.29, 1.82) is 0 Å². The standard InChI is InChI=1S/C22H23F6NO3/c1-20(2,19(30)31-3)32-17-8-4-14(5-9-17)10-11-29-13-15-6-7-16(21(23,24)25)12-18(15)22(26,27)28/h4-9,12,29H,10-11,13H2,1-3H3. The topological polar surface area (TPSA) is 47.6 Å². The Hall–Kier alpha value is -2.75. The molecule has 0 saturated heterocycles. The van der Waals surface area contributed by atoms with Gasteiger partial charge in [0.1, 0.15) is 5.75 Å². The van der Waals surface area contributed by atoms with E-state index < -0.39 is 35.0 Å². The van der Waals surface area contributed by atoms with E-state index >= 15 is 0 Å². The summed E-state index contributed by atoms with van der Waals surface area (Å²) in [6.45, 7) is 3.19. The fourth-order valence-corrected chi connectivity index (χ4v) is 2.93. The van der Waals surface area contributed by atoms with E-state index in [1.807, 2.05) is 0 Å². The highest BCUT2D eigenvalue weighted by molar-refractivity contribution is 5.78. The molecule has 2 aromatic rings. The maximum atomic E-state index is 13.2. The highest BCUT2D eigenvalue weighted by Crippen LogP contribution is 2.37. The van der Waals surface area contributed by atoms with Gasteiger partial charge in [0.05, 0.1) is 18.2 Å². The molecular weight excluding hydrogens is 440 g/mol. The molecule has 0 aliphatic heterocycles. The van der Waals surface area contributed by atoms with Gasteiger partial charge in [-0.15, -0.1) is 0 Å². The minimum atomic E-state index is -4.90. The molecule has 0 unspecified atom stereocenters. The predicted octanol–water partition coefficient (Wildman–Crippen LogP) is 5.39. The zero-order valence-corrected chi connectivity index (χ0v) is 17.7. The van der Waals surface area contributed by atoms with Gasteiger partial charge in [0.25, 0.3) is 0 Å². The number of ether oxygens (including phenoxy) is 2. The van der Waals surface area contributed by atoms with Crippen molar-refractivity contribution in [3.63, 3.8) is 0 Å². The average molecular weight is 463 g/mol. The van der Waals surface area contributed by atoms with Crippen LogP contribution in [-0.2, 0) is 34.8 Å². The quantitative estimate of drug-likeness (QED) is 0.324. The smallest absolute Gasteiger partial charge is 0.416 e. The molecule has 1 N–H and O–H groups in total. The molecule has 10 heteroatoms. The molecule has 2 rings (SSSR count). The SMILES string of the molecule is COC(=O)C(C)(C)Oc1ccc(CCNCc2ccc(C(F)(F)F)cc2C(F)(F)F)cc1. The summed E-state index contributed by atoms with van der Waals surface area (Å²) in [7, 11) is 1.26. The predicted molar refractivity (Wildman–Crippen MR) is 105 cm³/mol. The first-order valence-corrected chi connectivity index (χ1v) is 9.58. The highest BCUT2D eigenvalue weighted by Gasteiger charge is 2.38. The Morgan fingerprint density at radius 2 is 1.56 bits per heavy atom. The maximum absolute atomic E-state index is 13.2. The molecule has 176 valence electrons. The molecule has 0 atom stereocenters. The Bertz CT molecular complexity index is 921.